The van der Waals surface area contributed by atoms with Crippen LogP contribution in [-0.2, 0) is 4.74 Å². The van der Waals surface area contributed by atoms with Crippen molar-refractivity contribution in [2.45, 2.75) is 71.6 Å². The highest BCUT2D eigenvalue weighted by molar-refractivity contribution is 6.07. The van der Waals surface area contributed by atoms with Gasteiger partial charge in [0, 0.05) is 36.7 Å². The predicted octanol–water partition coefficient (Wildman–Crippen LogP) is 6.62. The number of ether oxygens (including phenoxy) is 2. The molecule has 0 aromatic heterocycles. The molecule has 4 rings (SSSR count). The van der Waals surface area contributed by atoms with Gasteiger partial charge in [0.15, 0.2) is 0 Å². The van der Waals surface area contributed by atoms with Crippen molar-refractivity contribution in [2.75, 3.05) is 50.5 Å². The van der Waals surface area contributed by atoms with E-state index in [0.717, 1.165) is 49.5 Å². The van der Waals surface area contributed by atoms with E-state index in [4.69, 9.17) is 9.47 Å². The van der Waals surface area contributed by atoms with Crippen molar-refractivity contribution in [3.05, 3.63) is 66.2 Å². The first kappa shape index (κ1) is 34.2. The number of aliphatic hydroxyl groups is 1. The number of nitrogens with zero attached hydrogens (tertiary/aromatic N) is 2. The van der Waals surface area contributed by atoms with Crippen LogP contribution in [0.5, 0.6) is 5.75 Å². The molecule has 4 atom stereocenters. The summed E-state index contributed by atoms with van der Waals surface area (Å²) >= 11 is 0. The number of fused-ring (bicyclic) bond motifs is 2. The molecule has 0 radical (unpaired) electrons. The molecule has 45 heavy (non-hydrogen) atoms. The van der Waals surface area contributed by atoms with E-state index in [0.29, 0.717) is 35.8 Å². The molecule has 244 valence electrons. The second kappa shape index (κ2) is 16.6. The van der Waals surface area contributed by atoms with Crippen LogP contribution in [0.4, 0.5) is 16.2 Å². The van der Waals surface area contributed by atoms with E-state index in [1.54, 1.807) is 23.1 Å². The summed E-state index contributed by atoms with van der Waals surface area (Å²) in [4.78, 5) is 31.4. The minimum Gasteiger partial charge on any atom is -0.490 e. The molecule has 0 unspecified atom stereocenters. The van der Waals surface area contributed by atoms with Crippen molar-refractivity contribution in [1.82, 2.24) is 9.80 Å². The third-order valence-corrected chi connectivity index (χ3v) is 8.44. The fraction of sp³-hybridized carbons (Fsp3) is 0.500. The number of benzene rings is 3. The monoisotopic (exact) mass is 618 g/mol. The SMILES string of the molecule is CCCN(C)C[C@@H]1OCCCC[C@H](C)Oc2ccc(NC(=O)Nc3cccc4ccccc34)cc2C(=O)N([C@H](C)CO)C[C@@H]1C. The zero-order chi connectivity index (χ0) is 32.3. The van der Waals surface area contributed by atoms with Crippen molar-refractivity contribution >= 4 is 34.1 Å². The van der Waals surface area contributed by atoms with Gasteiger partial charge < -0.3 is 35.0 Å². The zero-order valence-corrected chi connectivity index (χ0v) is 27.4. The molecule has 9 heteroatoms. The van der Waals surface area contributed by atoms with Gasteiger partial charge in [-0.05, 0) is 82.8 Å². The van der Waals surface area contributed by atoms with Gasteiger partial charge in [-0.1, -0.05) is 50.2 Å². The average Bonchev–Trinajstić information content (AvgIpc) is 3.02. The van der Waals surface area contributed by atoms with E-state index >= 15 is 0 Å². The number of amides is 3. The largest absolute Gasteiger partial charge is 0.490 e. The summed E-state index contributed by atoms with van der Waals surface area (Å²) in [5, 5.41) is 18.0. The van der Waals surface area contributed by atoms with Gasteiger partial charge in [0.1, 0.15) is 5.75 Å². The number of anilines is 2. The van der Waals surface area contributed by atoms with Crippen LogP contribution in [0.25, 0.3) is 10.8 Å². The van der Waals surface area contributed by atoms with Gasteiger partial charge in [-0.3, -0.25) is 4.79 Å². The second-order valence-electron chi connectivity index (χ2n) is 12.4. The second-order valence-corrected chi connectivity index (χ2v) is 12.4. The van der Waals surface area contributed by atoms with Crippen LogP contribution in [0, 0.1) is 5.92 Å². The number of urea groups is 1. The Labute approximate surface area is 267 Å². The van der Waals surface area contributed by atoms with E-state index < -0.39 is 12.1 Å². The summed E-state index contributed by atoms with van der Waals surface area (Å²) in [6, 6.07) is 17.9. The summed E-state index contributed by atoms with van der Waals surface area (Å²) in [5.74, 6) is 0.213. The Hall–Kier alpha value is -3.66. The lowest BCUT2D eigenvalue weighted by molar-refractivity contribution is -0.0167. The highest BCUT2D eigenvalue weighted by Gasteiger charge is 2.30. The van der Waals surface area contributed by atoms with Gasteiger partial charge in [0.05, 0.1) is 36.1 Å². The molecule has 1 heterocycles. The van der Waals surface area contributed by atoms with Gasteiger partial charge >= 0.3 is 6.03 Å². The van der Waals surface area contributed by atoms with E-state index in [1.807, 2.05) is 56.3 Å². The first-order valence-electron chi connectivity index (χ1n) is 16.3. The van der Waals surface area contributed by atoms with Gasteiger partial charge in [-0.25, -0.2) is 4.79 Å². The van der Waals surface area contributed by atoms with Crippen molar-refractivity contribution in [1.29, 1.82) is 0 Å². The Kier molecular flexibility index (Phi) is 12.6. The maximum absolute atomic E-state index is 14.3. The number of nitrogens with one attached hydrogen (secondary N) is 2. The van der Waals surface area contributed by atoms with Crippen LogP contribution in [0.15, 0.2) is 60.7 Å². The summed E-state index contributed by atoms with van der Waals surface area (Å²) in [6.07, 6.45) is 3.54. The molecule has 1 aliphatic rings. The van der Waals surface area contributed by atoms with E-state index in [2.05, 4.69) is 36.4 Å². The molecule has 3 aromatic rings. The molecule has 0 saturated heterocycles. The number of carbonyl (C=O) groups excluding carboxylic acids is 2. The fourth-order valence-corrected chi connectivity index (χ4v) is 5.86. The van der Waals surface area contributed by atoms with E-state index in [9.17, 15) is 14.7 Å². The van der Waals surface area contributed by atoms with E-state index in [1.165, 1.54) is 0 Å². The number of hydrogen-bond acceptors (Lipinski definition) is 6. The van der Waals surface area contributed by atoms with Crippen molar-refractivity contribution < 1.29 is 24.2 Å². The molecular weight excluding hydrogens is 568 g/mol. The first-order valence-corrected chi connectivity index (χ1v) is 16.3. The Balaban J connectivity index is 1.62. The minimum atomic E-state index is -0.432. The average molecular weight is 619 g/mol. The van der Waals surface area contributed by atoms with Crippen LogP contribution >= 0.6 is 0 Å². The first-order chi connectivity index (χ1) is 21.7. The Morgan fingerprint density at radius 2 is 1.87 bits per heavy atom. The smallest absolute Gasteiger partial charge is 0.323 e. The topological polar surface area (TPSA) is 103 Å². The van der Waals surface area contributed by atoms with Gasteiger partial charge in [-0.15, -0.1) is 0 Å². The van der Waals surface area contributed by atoms with Gasteiger partial charge in [-0.2, -0.15) is 0 Å². The number of rotatable bonds is 8. The summed E-state index contributed by atoms with van der Waals surface area (Å²) in [5.41, 5.74) is 1.50. The lowest BCUT2D eigenvalue weighted by Crippen LogP contribution is -2.47. The normalized spacial score (nSPS) is 20.6. The number of carbonyl (C=O) groups is 2. The highest BCUT2D eigenvalue weighted by Crippen LogP contribution is 2.29. The molecule has 1 aliphatic heterocycles. The number of likely N-dealkylation sites (N-methyl/N-ethyl adjacent to an activating group) is 1. The maximum Gasteiger partial charge on any atom is 0.323 e. The predicted molar refractivity (Wildman–Crippen MR) is 181 cm³/mol. The molecule has 0 spiro atoms. The summed E-state index contributed by atoms with van der Waals surface area (Å²) in [7, 11) is 2.10. The van der Waals surface area contributed by atoms with Crippen molar-refractivity contribution in [3.63, 3.8) is 0 Å². The minimum absolute atomic E-state index is 0.0151. The number of hydrogen-bond donors (Lipinski definition) is 3. The van der Waals surface area contributed by atoms with Crippen molar-refractivity contribution in [2.24, 2.45) is 5.92 Å². The lowest BCUT2D eigenvalue weighted by atomic mass is 10.0. The molecule has 0 fully saturated rings. The van der Waals surface area contributed by atoms with Gasteiger partial charge in [0.2, 0.25) is 0 Å². The van der Waals surface area contributed by atoms with Gasteiger partial charge in [0.25, 0.3) is 5.91 Å². The van der Waals surface area contributed by atoms with Crippen LogP contribution in [0.1, 0.15) is 63.7 Å². The third-order valence-electron chi connectivity index (χ3n) is 8.44. The quantitative estimate of drug-likeness (QED) is 0.262. The molecule has 0 saturated carbocycles. The highest BCUT2D eigenvalue weighted by atomic mass is 16.5. The summed E-state index contributed by atoms with van der Waals surface area (Å²) < 4.78 is 12.7. The zero-order valence-electron chi connectivity index (χ0n) is 27.4. The Morgan fingerprint density at radius 1 is 1.09 bits per heavy atom. The number of aliphatic hydroxyl groups excluding tert-OH is 1. The Bertz CT molecular complexity index is 1410. The van der Waals surface area contributed by atoms with Crippen molar-refractivity contribution in [3.8, 4) is 5.75 Å². The standard InChI is InChI=1S/C36H50N4O5/c1-6-19-39(5)23-34-25(2)22-40(26(3)24-41)35(42)31-21-29(17-18-33(31)45-27(4)12-9-10-20-44-34)37-36(43)38-32-16-11-14-28-13-7-8-15-30(28)32/h7-8,11,13-18,21,25-27,34,41H,6,9-10,12,19-20,22-24H2,1-5H3,(H2,37,38,43)/t25-,26+,27-,34-/m0/s1. The van der Waals surface area contributed by atoms with Crippen LogP contribution < -0.4 is 15.4 Å². The lowest BCUT2D eigenvalue weighted by Gasteiger charge is -2.35. The van der Waals surface area contributed by atoms with Crippen LogP contribution in [0.2, 0.25) is 0 Å². The molecule has 0 bridgehead atoms. The molecule has 0 aliphatic carbocycles. The third kappa shape index (κ3) is 9.42. The van der Waals surface area contributed by atoms with E-state index in [-0.39, 0.29) is 30.6 Å². The molecule has 9 nitrogen and oxygen atoms in total. The molecule has 3 aromatic carbocycles. The van der Waals surface area contributed by atoms with Crippen LogP contribution in [-0.4, -0.2) is 85.0 Å². The molecular formula is C36H50N4O5. The molecule has 3 amide bonds. The van der Waals surface area contributed by atoms with Crippen LogP contribution in [0.3, 0.4) is 0 Å². The summed E-state index contributed by atoms with van der Waals surface area (Å²) in [6.45, 7) is 10.7. The maximum atomic E-state index is 14.3. The Morgan fingerprint density at radius 3 is 2.64 bits per heavy atom. The fourth-order valence-electron chi connectivity index (χ4n) is 5.86. The molecule has 3 N–H and O–H groups in total.